The van der Waals surface area contributed by atoms with E-state index in [0.717, 1.165) is 0 Å². The van der Waals surface area contributed by atoms with Gasteiger partial charge in [-0.3, -0.25) is 0 Å². The second-order valence-corrected chi connectivity index (χ2v) is 2.48. The molecule has 0 fully saturated rings. The first-order valence-electron chi connectivity index (χ1n) is 2.08. The fraction of sp³-hybridized carbons (Fsp3) is 1.00. The van der Waals surface area contributed by atoms with Crippen LogP contribution in [-0.2, 0) is 4.74 Å². The summed E-state index contributed by atoms with van der Waals surface area (Å²) in [5.74, 6) is 0. The van der Waals surface area contributed by atoms with Gasteiger partial charge in [-0.2, -0.15) is 8.78 Å². The van der Waals surface area contributed by atoms with Crippen molar-refractivity contribution in [3.05, 3.63) is 0 Å². The number of alkyl halides is 7. The molecule has 0 N–H and O–H groups in total. The number of hydrogen-bond acceptors (Lipinski definition) is 1. The Morgan fingerprint density at radius 2 is 1.45 bits per heavy atom. The maximum atomic E-state index is 11.7. The fourth-order valence-corrected chi connectivity index (χ4v) is 0.278. The molecule has 0 rings (SSSR count). The highest BCUT2D eigenvalue weighted by molar-refractivity contribution is 9.10. The minimum Gasteiger partial charge on any atom is -0.249 e. The van der Waals surface area contributed by atoms with Gasteiger partial charge in [0.15, 0.2) is 0 Å². The van der Waals surface area contributed by atoms with E-state index in [0.29, 0.717) is 0 Å². The third-order valence-corrected chi connectivity index (χ3v) is 0.854. The Morgan fingerprint density at radius 1 is 1.09 bits per heavy atom. The first kappa shape index (κ1) is 11.0. The van der Waals surface area contributed by atoms with Crippen LogP contribution in [0.2, 0.25) is 0 Å². The Balaban J connectivity index is 3.99. The average molecular weight is 247 g/mol. The van der Waals surface area contributed by atoms with Crippen molar-refractivity contribution < 1.29 is 31.1 Å². The first-order valence-corrected chi connectivity index (χ1v) is 2.87. The molecule has 8 heteroatoms. The van der Waals surface area contributed by atoms with Crippen LogP contribution in [0.1, 0.15) is 0 Å². The summed E-state index contributed by atoms with van der Waals surface area (Å²) in [7, 11) is 0. The molecule has 0 aromatic heterocycles. The molecule has 0 saturated carbocycles. The quantitative estimate of drug-likeness (QED) is 0.538. The summed E-state index contributed by atoms with van der Waals surface area (Å²) in [6.45, 7) is 0. The molecule has 0 aliphatic rings. The highest BCUT2D eigenvalue weighted by atomic mass is 79.9. The molecule has 0 aliphatic heterocycles. The molecule has 11 heavy (non-hydrogen) atoms. The predicted molar refractivity (Wildman–Crippen MR) is 25.9 cm³/mol. The third-order valence-electron chi connectivity index (χ3n) is 0.494. The SMILES string of the molecule is FC(OC(F)(F)F)C(F)(F)Br. The lowest BCUT2D eigenvalue weighted by Crippen LogP contribution is -2.31. The standard InChI is InChI=1S/C3HBrF6O/c4-2(6,7)1(5)11-3(8,9)10/h1H. The Labute approximate surface area is 65.4 Å². The zero-order valence-electron chi connectivity index (χ0n) is 4.63. The van der Waals surface area contributed by atoms with Crippen molar-refractivity contribution in [2.24, 2.45) is 0 Å². The normalized spacial score (nSPS) is 16.6. The molecule has 1 nitrogen and oxygen atoms in total. The molecule has 0 aromatic rings. The second kappa shape index (κ2) is 3.18. The summed E-state index contributed by atoms with van der Waals surface area (Å²) in [5.41, 5.74) is 0. The summed E-state index contributed by atoms with van der Waals surface area (Å²) < 4.78 is 70.2. The van der Waals surface area contributed by atoms with Gasteiger partial charge in [-0.15, -0.1) is 13.2 Å². The third kappa shape index (κ3) is 5.31. The number of ether oxygens (including phenoxy) is 1. The zero-order chi connectivity index (χ0) is 9.28. The molecular weight excluding hydrogens is 246 g/mol. The predicted octanol–water partition coefficient (Wildman–Crippen LogP) is 2.81. The summed E-state index contributed by atoms with van der Waals surface area (Å²) in [4.78, 5) is -4.33. The van der Waals surface area contributed by atoms with Gasteiger partial charge in [-0.25, -0.2) is 9.13 Å². The van der Waals surface area contributed by atoms with Crippen LogP contribution in [0.25, 0.3) is 0 Å². The summed E-state index contributed by atoms with van der Waals surface area (Å²) >= 11 is 1.36. The van der Waals surface area contributed by atoms with E-state index in [1.807, 2.05) is 0 Å². The van der Waals surface area contributed by atoms with E-state index in [1.165, 1.54) is 15.9 Å². The highest BCUT2D eigenvalue weighted by Crippen LogP contribution is 2.33. The second-order valence-electron chi connectivity index (χ2n) is 1.42. The van der Waals surface area contributed by atoms with Crippen molar-refractivity contribution in [1.82, 2.24) is 0 Å². The van der Waals surface area contributed by atoms with Crippen molar-refractivity contribution in [2.45, 2.75) is 17.6 Å². The van der Waals surface area contributed by atoms with Crippen LogP contribution in [-0.4, -0.2) is 17.6 Å². The molecule has 0 aliphatic carbocycles. The van der Waals surface area contributed by atoms with Crippen LogP contribution in [0.3, 0.4) is 0 Å². The van der Waals surface area contributed by atoms with Gasteiger partial charge >= 0.3 is 11.2 Å². The molecule has 1 atom stereocenters. The topological polar surface area (TPSA) is 9.23 Å². The Hall–Kier alpha value is 0.0200. The van der Waals surface area contributed by atoms with Gasteiger partial charge in [0.05, 0.1) is 0 Å². The van der Waals surface area contributed by atoms with Crippen molar-refractivity contribution in [1.29, 1.82) is 0 Å². The average Bonchev–Trinajstić information content (AvgIpc) is 1.56. The highest BCUT2D eigenvalue weighted by Gasteiger charge is 2.46. The molecule has 0 bridgehead atoms. The Bertz CT molecular complexity index is 127. The van der Waals surface area contributed by atoms with E-state index in [2.05, 4.69) is 4.74 Å². The van der Waals surface area contributed by atoms with Crippen LogP contribution in [0, 0.1) is 0 Å². The van der Waals surface area contributed by atoms with Gasteiger partial charge in [-0.1, -0.05) is 0 Å². The van der Waals surface area contributed by atoms with Gasteiger partial charge in [0.2, 0.25) is 0 Å². The van der Waals surface area contributed by atoms with E-state index in [9.17, 15) is 26.3 Å². The molecular formula is C3HBrF6O. The van der Waals surface area contributed by atoms with Gasteiger partial charge in [0.25, 0.3) is 6.36 Å². The lowest BCUT2D eigenvalue weighted by atomic mass is 10.7. The molecule has 1 unspecified atom stereocenters. The fourth-order valence-electron chi connectivity index (χ4n) is 0.184. The number of rotatable bonds is 2. The zero-order valence-corrected chi connectivity index (χ0v) is 6.22. The van der Waals surface area contributed by atoms with E-state index >= 15 is 0 Å². The minimum atomic E-state index is -5.41. The van der Waals surface area contributed by atoms with E-state index in [4.69, 9.17) is 0 Å². The first-order chi connectivity index (χ1) is 4.63. The van der Waals surface area contributed by atoms with E-state index in [-0.39, 0.29) is 0 Å². The van der Waals surface area contributed by atoms with E-state index in [1.54, 1.807) is 0 Å². The van der Waals surface area contributed by atoms with Crippen LogP contribution in [0.5, 0.6) is 0 Å². The smallest absolute Gasteiger partial charge is 0.249 e. The van der Waals surface area contributed by atoms with E-state index < -0.39 is 17.6 Å². The van der Waals surface area contributed by atoms with Crippen molar-refractivity contribution >= 4 is 15.9 Å². The molecule has 68 valence electrons. The molecule has 0 spiro atoms. The molecule has 0 saturated heterocycles. The van der Waals surface area contributed by atoms with Crippen LogP contribution < -0.4 is 0 Å². The van der Waals surface area contributed by atoms with Crippen LogP contribution in [0.15, 0.2) is 0 Å². The molecule has 0 radical (unpaired) electrons. The Kier molecular flexibility index (Phi) is 3.18. The molecule has 0 heterocycles. The lowest BCUT2D eigenvalue weighted by Gasteiger charge is -2.15. The number of halogens is 7. The van der Waals surface area contributed by atoms with Gasteiger partial charge in [0, 0.05) is 0 Å². The maximum Gasteiger partial charge on any atom is 0.525 e. The molecule has 0 amide bonds. The Morgan fingerprint density at radius 3 is 1.55 bits per heavy atom. The van der Waals surface area contributed by atoms with Crippen molar-refractivity contribution in [2.75, 3.05) is 0 Å². The van der Waals surface area contributed by atoms with Gasteiger partial charge < -0.3 is 0 Å². The molecule has 0 aromatic carbocycles. The maximum absolute atomic E-state index is 11.7. The van der Waals surface area contributed by atoms with Gasteiger partial charge in [0.1, 0.15) is 0 Å². The van der Waals surface area contributed by atoms with Crippen LogP contribution >= 0.6 is 15.9 Å². The van der Waals surface area contributed by atoms with Crippen LogP contribution in [0.4, 0.5) is 26.3 Å². The van der Waals surface area contributed by atoms with Crippen molar-refractivity contribution in [3.8, 4) is 0 Å². The van der Waals surface area contributed by atoms with Crippen molar-refractivity contribution in [3.63, 3.8) is 0 Å². The monoisotopic (exact) mass is 246 g/mol. The number of hydrogen-bond donors (Lipinski definition) is 0. The lowest BCUT2D eigenvalue weighted by molar-refractivity contribution is -0.376. The van der Waals surface area contributed by atoms with Gasteiger partial charge in [-0.05, 0) is 15.9 Å². The summed E-state index contributed by atoms with van der Waals surface area (Å²) in [5, 5.41) is 0. The summed E-state index contributed by atoms with van der Waals surface area (Å²) in [6, 6.07) is 0. The largest absolute Gasteiger partial charge is 0.525 e. The minimum absolute atomic E-state index is 1.36. The summed E-state index contributed by atoms with van der Waals surface area (Å²) in [6.07, 6.45) is -9.14.